The molecule has 1 aliphatic heterocycles. The topological polar surface area (TPSA) is 79.2 Å². The molecule has 3 unspecified atom stereocenters. The summed E-state index contributed by atoms with van der Waals surface area (Å²) in [5.74, 6) is 1.06. The van der Waals surface area contributed by atoms with Crippen molar-refractivity contribution in [2.45, 2.75) is 70.4 Å². The Morgan fingerprint density at radius 1 is 1.15 bits per heavy atom. The van der Waals surface area contributed by atoms with Crippen LogP contribution in [-0.2, 0) is 9.47 Å². The zero-order chi connectivity index (χ0) is 18.7. The van der Waals surface area contributed by atoms with Crippen molar-refractivity contribution in [1.29, 1.82) is 0 Å². The van der Waals surface area contributed by atoms with Crippen molar-refractivity contribution >= 4 is 0 Å². The summed E-state index contributed by atoms with van der Waals surface area (Å²) in [4.78, 5) is 0. The lowest BCUT2D eigenvalue weighted by atomic mass is 9.85. The van der Waals surface area contributed by atoms with E-state index in [9.17, 15) is 10.2 Å². The average Bonchev–Trinajstić information content (AvgIpc) is 3.28. The van der Waals surface area contributed by atoms with Crippen molar-refractivity contribution in [2.75, 3.05) is 19.8 Å². The third-order valence-electron chi connectivity index (χ3n) is 7.06. The highest BCUT2D eigenvalue weighted by Gasteiger charge is 2.55. The van der Waals surface area contributed by atoms with Gasteiger partial charge in [-0.15, -0.1) is 0 Å². The van der Waals surface area contributed by atoms with E-state index in [4.69, 9.17) is 14.6 Å². The van der Waals surface area contributed by atoms with E-state index < -0.39 is 11.9 Å². The lowest BCUT2D eigenvalue weighted by Crippen LogP contribution is -2.29. The molecule has 7 atom stereocenters. The highest BCUT2D eigenvalue weighted by molar-refractivity contribution is 5.09. The van der Waals surface area contributed by atoms with E-state index >= 15 is 0 Å². The maximum atomic E-state index is 10.6. The second kappa shape index (κ2) is 8.70. The smallest absolute Gasteiger partial charge is 0.169 e. The van der Waals surface area contributed by atoms with Gasteiger partial charge >= 0.3 is 0 Å². The largest absolute Gasteiger partial charge is 0.396 e. The summed E-state index contributed by atoms with van der Waals surface area (Å²) in [5, 5.41) is 30.0. The summed E-state index contributed by atoms with van der Waals surface area (Å²) in [6.45, 7) is 5.83. The number of hydrogen-bond acceptors (Lipinski definition) is 5. The highest BCUT2D eigenvalue weighted by Crippen LogP contribution is 2.54. The van der Waals surface area contributed by atoms with Crippen molar-refractivity contribution in [3.05, 3.63) is 12.2 Å². The van der Waals surface area contributed by atoms with E-state index in [1.165, 1.54) is 0 Å². The molecular formula is C21H36O5. The molecule has 2 aliphatic carbocycles. The first-order valence-electron chi connectivity index (χ1n) is 10.4. The zero-order valence-corrected chi connectivity index (χ0v) is 16.2. The van der Waals surface area contributed by atoms with Gasteiger partial charge in [0.15, 0.2) is 5.79 Å². The SMILES string of the molecule is CC(CCCCO)C(C)C(O)C=C[C@@H]1[C@@H]2CC3(C[C@H]2C[C@H]1O)OCCO3. The molecule has 0 aromatic carbocycles. The Morgan fingerprint density at radius 3 is 2.58 bits per heavy atom. The average molecular weight is 369 g/mol. The van der Waals surface area contributed by atoms with E-state index in [1.807, 2.05) is 12.2 Å². The number of unbranched alkanes of at least 4 members (excludes halogenated alkanes) is 1. The minimum atomic E-state index is -0.500. The molecule has 26 heavy (non-hydrogen) atoms. The molecular weight excluding hydrogens is 332 g/mol. The number of rotatable bonds is 8. The third-order valence-corrected chi connectivity index (χ3v) is 7.06. The minimum absolute atomic E-state index is 0.0821. The van der Waals surface area contributed by atoms with Crippen molar-refractivity contribution in [3.63, 3.8) is 0 Å². The Kier molecular flexibility index (Phi) is 6.78. The van der Waals surface area contributed by atoms with Gasteiger partial charge in [0.25, 0.3) is 0 Å². The Labute approximate surface area is 157 Å². The molecule has 1 spiro atoms. The normalized spacial score (nSPS) is 36.7. The molecule has 5 nitrogen and oxygen atoms in total. The minimum Gasteiger partial charge on any atom is -0.396 e. The fraction of sp³-hybridized carbons (Fsp3) is 0.905. The number of aliphatic hydroxyl groups excluding tert-OH is 3. The van der Waals surface area contributed by atoms with Gasteiger partial charge in [-0.05, 0) is 36.5 Å². The molecule has 150 valence electrons. The van der Waals surface area contributed by atoms with Crippen molar-refractivity contribution in [1.82, 2.24) is 0 Å². The summed E-state index contributed by atoms with van der Waals surface area (Å²) in [6, 6.07) is 0. The Morgan fingerprint density at radius 2 is 1.88 bits per heavy atom. The first kappa shape index (κ1) is 20.3. The van der Waals surface area contributed by atoms with Gasteiger partial charge < -0.3 is 24.8 Å². The van der Waals surface area contributed by atoms with Crippen LogP contribution in [0.4, 0.5) is 0 Å². The standard InChI is InChI=1S/C21H36O5/c1-14(5-3-4-8-22)15(2)19(23)7-6-17-18-13-21(25-9-10-26-21)12-16(18)11-20(17)24/h6-7,14-20,22-24H,3-5,8-13H2,1-2H3/t14?,15?,16-,17-,18-,19?,20-/m1/s1. The Bertz CT molecular complexity index is 473. The van der Waals surface area contributed by atoms with Crippen LogP contribution in [0.3, 0.4) is 0 Å². The molecule has 3 fully saturated rings. The summed E-state index contributed by atoms with van der Waals surface area (Å²) in [7, 11) is 0. The predicted octanol–water partition coefficient (Wildman–Crippen LogP) is 2.49. The summed E-state index contributed by atoms with van der Waals surface area (Å²) < 4.78 is 11.7. The second-order valence-electron chi connectivity index (χ2n) is 8.75. The lowest BCUT2D eigenvalue weighted by molar-refractivity contribution is -0.157. The van der Waals surface area contributed by atoms with Gasteiger partial charge in [0.2, 0.25) is 0 Å². The Balaban J connectivity index is 1.55. The molecule has 1 heterocycles. The van der Waals surface area contributed by atoms with Gasteiger partial charge in [0.05, 0.1) is 25.4 Å². The quantitative estimate of drug-likeness (QED) is 0.453. The number of ether oxygens (including phenoxy) is 2. The van der Waals surface area contributed by atoms with E-state index in [2.05, 4.69) is 13.8 Å². The van der Waals surface area contributed by atoms with Crippen LogP contribution in [0.5, 0.6) is 0 Å². The molecule has 0 amide bonds. The molecule has 1 saturated heterocycles. The molecule has 0 aromatic heterocycles. The molecule has 5 heteroatoms. The van der Waals surface area contributed by atoms with E-state index in [-0.39, 0.29) is 24.5 Å². The number of hydrogen-bond donors (Lipinski definition) is 3. The molecule has 3 aliphatic rings. The van der Waals surface area contributed by atoms with Crippen molar-refractivity contribution < 1.29 is 24.8 Å². The first-order valence-corrected chi connectivity index (χ1v) is 10.4. The van der Waals surface area contributed by atoms with Crippen LogP contribution in [0.25, 0.3) is 0 Å². The predicted molar refractivity (Wildman–Crippen MR) is 99.4 cm³/mol. The van der Waals surface area contributed by atoms with Crippen LogP contribution in [0, 0.1) is 29.6 Å². The third kappa shape index (κ3) is 4.33. The van der Waals surface area contributed by atoms with E-state index in [1.54, 1.807) is 0 Å². The van der Waals surface area contributed by atoms with Crippen LogP contribution >= 0.6 is 0 Å². The highest BCUT2D eigenvalue weighted by atomic mass is 16.7. The zero-order valence-electron chi connectivity index (χ0n) is 16.2. The van der Waals surface area contributed by atoms with Crippen LogP contribution in [-0.4, -0.2) is 53.1 Å². The van der Waals surface area contributed by atoms with Crippen LogP contribution in [0.1, 0.15) is 52.4 Å². The van der Waals surface area contributed by atoms with E-state index in [0.717, 1.165) is 38.5 Å². The summed E-state index contributed by atoms with van der Waals surface area (Å²) in [5.41, 5.74) is 0. The van der Waals surface area contributed by atoms with Crippen molar-refractivity contribution in [2.24, 2.45) is 29.6 Å². The van der Waals surface area contributed by atoms with Gasteiger partial charge in [0.1, 0.15) is 0 Å². The van der Waals surface area contributed by atoms with Crippen molar-refractivity contribution in [3.8, 4) is 0 Å². The molecule has 3 N–H and O–H groups in total. The van der Waals surface area contributed by atoms with Crippen LogP contribution < -0.4 is 0 Å². The maximum absolute atomic E-state index is 10.6. The van der Waals surface area contributed by atoms with Gasteiger partial charge in [0, 0.05) is 25.4 Å². The number of fused-ring (bicyclic) bond motifs is 1. The summed E-state index contributed by atoms with van der Waals surface area (Å²) >= 11 is 0. The first-order chi connectivity index (χ1) is 12.5. The second-order valence-corrected chi connectivity index (χ2v) is 8.75. The molecule has 3 rings (SSSR count). The van der Waals surface area contributed by atoms with Gasteiger partial charge in [-0.25, -0.2) is 0 Å². The van der Waals surface area contributed by atoms with Gasteiger partial charge in [-0.2, -0.15) is 0 Å². The fourth-order valence-corrected chi connectivity index (χ4v) is 5.22. The number of aliphatic hydroxyl groups is 3. The molecule has 0 bridgehead atoms. The van der Waals surface area contributed by atoms with Gasteiger partial charge in [-0.1, -0.05) is 38.8 Å². The molecule has 0 aromatic rings. The molecule has 2 saturated carbocycles. The molecule has 0 radical (unpaired) electrons. The van der Waals surface area contributed by atoms with Crippen LogP contribution in [0.2, 0.25) is 0 Å². The Hall–Kier alpha value is -0.460. The lowest BCUT2D eigenvalue weighted by Gasteiger charge is -2.26. The maximum Gasteiger partial charge on any atom is 0.169 e. The van der Waals surface area contributed by atoms with Gasteiger partial charge in [-0.3, -0.25) is 0 Å². The monoisotopic (exact) mass is 368 g/mol. The fourth-order valence-electron chi connectivity index (χ4n) is 5.22. The van der Waals surface area contributed by atoms with Crippen LogP contribution in [0.15, 0.2) is 12.2 Å². The summed E-state index contributed by atoms with van der Waals surface area (Å²) in [6.07, 6.45) is 8.49. The van der Waals surface area contributed by atoms with E-state index in [0.29, 0.717) is 31.0 Å².